The molecule has 0 amide bonds. The molecule has 0 aromatic rings. The van der Waals surface area contributed by atoms with Gasteiger partial charge in [0.15, 0.2) is 0 Å². The van der Waals surface area contributed by atoms with E-state index in [1.165, 1.54) is 0 Å². The molecule has 76 valence electrons. The first-order valence-electron chi connectivity index (χ1n) is 4.99. The Hall–Kier alpha value is -0.190. The Balaban J connectivity index is 1.71. The first kappa shape index (κ1) is 9.37. The van der Waals surface area contributed by atoms with E-state index in [0.717, 1.165) is 26.2 Å². The van der Waals surface area contributed by atoms with Crippen LogP contribution >= 0.6 is 0 Å². The summed E-state index contributed by atoms with van der Waals surface area (Å²) >= 11 is 0. The van der Waals surface area contributed by atoms with Crippen LogP contribution in [0.1, 0.15) is 12.8 Å². The molecule has 2 atom stereocenters. The van der Waals surface area contributed by atoms with Gasteiger partial charge in [0.25, 0.3) is 0 Å². The summed E-state index contributed by atoms with van der Waals surface area (Å²) < 4.78 is 19.0. The van der Waals surface area contributed by atoms with Crippen LogP contribution in [0.3, 0.4) is 0 Å². The van der Waals surface area contributed by atoms with Gasteiger partial charge >= 0.3 is 0 Å². The van der Waals surface area contributed by atoms with Crippen LogP contribution in [0.5, 0.6) is 0 Å². The van der Waals surface area contributed by atoms with Crippen LogP contribution in [0.15, 0.2) is 0 Å². The predicted molar refractivity (Wildman–Crippen MR) is 48.6 cm³/mol. The van der Waals surface area contributed by atoms with Crippen molar-refractivity contribution >= 4 is 0 Å². The monoisotopic (exact) mass is 188 g/mol. The van der Waals surface area contributed by atoms with Gasteiger partial charge in [0.1, 0.15) is 5.67 Å². The first-order valence-corrected chi connectivity index (χ1v) is 4.99. The van der Waals surface area contributed by atoms with E-state index in [0.29, 0.717) is 25.6 Å². The fourth-order valence-corrected chi connectivity index (χ4v) is 1.89. The quantitative estimate of drug-likeness (QED) is 0.657. The van der Waals surface area contributed by atoms with E-state index in [2.05, 4.69) is 10.6 Å². The third-order valence-corrected chi connectivity index (χ3v) is 2.83. The Morgan fingerprint density at radius 1 is 1.62 bits per heavy atom. The average Bonchev–Trinajstić information content (AvgIpc) is 2.72. The maximum Gasteiger partial charge on any atom is 0.136 e. The van der Waals surface area contributed by atoms with Crippen molar-refractivity contribution in [3.05, 3.63) is 0 Å². The van der Waals surface area contributed by atoms with Crippen molar-refractivity contribution in [1.82, 2.24) is 10.6 Å². The zero-order chi connectivity index (χ0) is 9.15. The molecule has 2 fully saturated rings. The predicted octanol–water partition coefficient (Wildman–Crippen LogP) is 0.0665. The minimum atomic E-state index is -1.03. The van der Waals surface area contributed by atoms with Crippen molar-refractivity contribution in [3.8, 4) is 0 Å². The molecule has 0 aliphatic carbocycles. The lowest BCUT2D eigenvalue weighted by molar-refractivity contribution is 0.165. The highest BCUT2D eigenvalue weighted by molar-refractivity contribution is 4.91. The van der Waals surface area contributed by atoms with Crippen LogP contribution in [0.2, 0.25) is 0 Å². The Kier molecular flexibility index (Phi) is 2.81. The maximum atomic E-state index is 13.8. The van der Waals surface area contributed by atoms with Crippen LogP contribution in [0.25, 0.3) is 0 Å². The van der Waals surface area contributed by atoms with Gasteiger partial charge in [0, 0.05) is 25.7 Å². The molecule has 0 radical (unpaired) electrons. The first-order chi connectivity index (χ1) is 6.29. The van der Waals surface area contributed by atoms with Gasteiger partial charge in [-0.15, -0.1) is 0 Å². The summed E-state index contributed by atoms with van der Waals surface area (Å²) in [5.41, 5.74) is -1.03. The zero-order valence-electron chi connectivity index (χ0n) is 7.81. The average molecular weight is 188 g/mol. The number of hydrogen-bond acceptors (Lipinski definition) is 3. The maximum absolute atomic E-state index is 13.8. The van der Waals surface area contributed by atoms with Gasteiger partial charge in [-0.2, -0.15) is 0 Å². The molecule has 0 bridgehead atoms. The lowest BCUT2D eigenvalue weighted by atomic mass is 10.1. The van der Waals surface area contributed by atoms with Gasteiger partial charge in [-0.3, -0.25) is 0 Å². The lowest BCUT2D eigenvalue weighted by Crippen LogP contribution is -2.43. The third kappa shape index (κ3) is 2.39. The normalized spacial score (nSPS) is 39.9. The van der Waals surface area contributed by atoms with Gasteiger partial charge in [0.2, 0.25) is 0 Å². The van der Waals surface area contributed by atoms with Crippen molar-refractivity contribution < 1.29 is 9.13 Å². The number of hydrogen-bond donors (Lipinski definition) is 2. The number of halogens is 1. The van der Waals surface area contributed by atoms with E-state index in [9.17, 15) is 4.39 Å². The molecule has 2 saturated heterocycles. The summed E-state index contributed by atoms with van der Waals surface area (Å²) in [6.45, 7) is 3.32. The SMILES string of the molecule is FC1(CNC2CCOC2)CCNC1. The van der Waals surface area contributed by atoms with E-state index in [-0.39, 0.29) is 0 Å². The summed E-state index contributed by atoms with van der Waals surface area (Å²) in [6.07, 6.45) is 1.65. The molecule has 2 aliphatic heterocycles. The number of rotatable bonds is 3. The lowest BCUT2D eigenvalue weighted by Gasteiger charge is -2.21. The van der Waals surface area contributed by atoms with Crippen molar-refractivity contribution in [3.63, 3.8) is 0 Å². The van der Waals surface area contributed by atoms with E-state index in [1.807, 2.05) is 0 Å². The van der Waals surface area contributed by atoms with Crippen molar-refractivity contribution in [2.24, 2.45) is 0 Å². The fraction of sp³-hybridized carbons (Fsp3) is 1.00. The third-order valence-electron chi connectivity index (χ3n) is 2.83. The van der Waals surface area contributed by atoms with Gasteiger partial charge in [0.05, 0.1) is 6.61 Å². The highest BCUT2D eigenvalue weighted by Crippen LogP contribution is 2.19. The van der Waals surface area contributed by atoms with Gasteiger partial charge in [-0.25, -0.2) is 4.39 Å². The number of alkyl halides is 1. The molecule has 2 aliphatic rings. The molecule has 2 N–H and O–H groups in total. The molecule has 0 aromatic carbocycles. The van der Waals surface area contributed by atoms with Crippen LogP contribution in [-0.2, 0) is 4.74 Å². The van der Waals surface area contributed by atoms with Gasteiger partial charge in [-0.05, 0) is 19.4 Å². The molecule has 3 nitrogen and oxygen atoms in total. The number of nitrogens with one attached hydrogen (secondary N) is 2. The highest BCUT2D eigenvalue weighted by Gasteiger charge is 2.34. The summed E-state index contributed by atoms with van der Waals surface area (Å²) in [5.74, 6) is 0. The van der Waals surface area contributed by atoms with Crippen LogP contribution in [0.4, 0.5) is 4.39 Å². The minimum absolute atomic E-state index is 0.369. The molecular weight excluding hydrogens is 171 g/mol. The Morgan fingerprint density at radius 3 is 3.15 bits per heavy atom. The van der Waals surface area contributed by atoms with Gasteiger partial charge < -0.3 is 15.4 Å². The van der Waals surface area contributed by atoms with E-state index in [1.54, 1.807) is 0 Å². The van der Waals surface area contributed by atoms with Crippen molar-refractivity contribution in [2.75, 3.05) is 32.8 Å². The minimum Gasteiger partial charge on any atom is -0.380 e. The summed E-state index contributed by atoms with van der Waals surface area (Å²) in [4.78, 5) is 0. The van der Waals surface area contributed by atoms with Crippen LogP contribution in [-0.4, -0.2) is 44.6 Å². The fourth-order valence-electron chi connectivity index (χ4n) is 1.89. The van der Waals surface area contributed by atoms with Crippen molar-refractivity contribution in [1.29, 1.82) is 0 Å². The van der Waals surface area contributed by atoms with Crippen molar-refractivity contribution in [2.45, 2.75) is 24.6 Å². The van der Waals surface area contributed by atoms with E-state index < -0.39 is 5.67 Å². The summed E-state index contributed by atoms with van der Waals surface area (Å²) in [5, 5.41) is 6.27. The molecule has 2 unspecified atom stereocenters. The van der Waals surface area contributed by atoms with E-state index in [4.69, 9.17) is 4.74 Å². The summed E-state index contributed by atoms with van der Waals surface area (Å²) in [6, 6.07) is 0.369. The molecule has 2 heterocycles. The number of ether oxygens (including phenoxy) is 1. The van der Waals surface area contributed by atoms with Crippen LogP contribution in [0, 0.1) is 0 Å². The zero-order valence-corrected chi connectivity index (χ0v) is 7.81. The largest absolute Gasteiger partial charge is 0.380 e. The topological polar surface area (TPSA) is 33.3 Å². The molecule has 0 spiro atoms. The van der Waals surface area contributed by atoms with Crippen LogP contribution < -0.4 is 10.6 Å². The molecule has 13 heavy (non-hydrogen) atoms. The highest BCUT2D eigenvalue weighted by atomic mass is 19.1. The molecule has 0 aromatic heterocycles. The Labute approximate surface area is 78.0 Å². The molecule has 2 rings (SSSR count). The Bertz CT molecular complexity index is 165. The Morgan fingerprint density at radius 2 is 2.54 bits per heavy atom. The molecule has 4 heteroatoms. The standard InChI is InChI=1S/C9H17FN2O/c10-9(2-3-11-6-9)7-12-8-1-4-13-5-8/h8,11-12H,1-7H2. The molecule has 0 saturated carbocycles. The smallest absolute Gasteiger partial charge is 0.136 e. The van der Waals surface area contributed by atoms with E-state index >= 15 is 0 Å². The molecular formula is C9H17FN2O. The second-order valence-electron chi connectivity index (χ2n) is 4.02. The second-order valence-corrected chi connectivity index (χ2v) is 4.02. The summed E-state index contributed by atoms with van der Waals surface area (Å²) in [7, 11) is 0. The van der Waals surface area contributed by atoms with Gasteiger partial charge in [-0.1, -0.05) is 0 Å². The second kappa shape index (κ2) is 3.90.